The first-order valence-corrected chi connectivity index (χ1v) is 11.0. The van der Waals surface area contributed by atoms with Crippen molar-refractivity contribution in [2.45, 2.75) is 79.1 Å². The number of aryl methyl sites for hydroxylation is 1. The molecule has 180 valence electrons. The number of benzene rings is 1. The average molecular weight is 450 g/mol. The highest BCUT2D eigenvalue weighted by atomic mass is 16.6. The van der Waals surface area contributed by atoms with Crippen molar-refractivity contribution < 1.29 is 24.2 Å². The highest BCUT2D eigenvalue weighted by molar-refractivity contribution is 5.92. The molecule has 0 saturated heterocycles. The van der Waals surface area contributed by atoms with Crippen molar-refractivity contribution in [3.05, 3.63) is 35.4 Å². The second kappa shape index (κ2) is 11.9. The van der Waals surface area contributed by atoms with E-state index in [4.69, 9.17) is 4.74 Å². The highest BCUT2D eigenvalue weighted by Crippen LogP contribution is 2.24. The van der Waals surface area contributed by atoms with Crippen molar-refractivity contribution in [1.29, 1.82) is 0 Å². The maximum Gasteiger partial charge on any atom is 0.408 e. The molecule has 0 aliphatic heterocycles. The quantitative estimate of drug-likeness (QED) is 0.537. The minimum absolute atomic E-state index is 0.0674. The molecule has 32 heavy (non-hydrogen) atoms. The van der Waals surface area contributed by atoms with Crippen LogP contribution in [0.15, 0.2) is 24.3 Å². The van der Waals surface area contributed by atoms with Crippen molar-refractivity contribution in [2.24, 2.45) is 5.92 Å². The number of nitrogens with one attached hydrogen (secondary N) is 2. The summed E-state index contributed by atoms with van der Waals surface area (Å²) in [6.07, 6.45) is -0.716. The van der Waals surface area contributed by atoms with Crippen LogP contribution in [0.25, 0.3) is 0 Å². The van der Waals surface area contributed by atoms with Crippen LogP contribution in [0.2, 0.25) is 0 Å². The lowest BCUT2D eigenvalue weighted by molar-refractivity contribution is -0.144. The predicted molar refractivity (Wildman–Crippen MR) is 124 cm³/mol. The standard InChI is InChI=1S/C24H39N3O5/c1-15(2)19(26-23(31)32-24(6,7)8)22(30)27(13-14-28)20(21(29)25-16(3)4)18-11-9-17(5)10-12-18/h9-12,15-16,19-20,28H,13-14H2,1-8H3,(H,25,29)(H,26,31). The number of rotatable bonds is 9. The van der Waals surface area contributed by atoms with Crippen LogP contribution < -0.4 is 10.6 Å². The fourth-order valence-corrected chi connectivity index (χ4v) is 3.19. The summed E-state index contributed by atoms with van der Waals surface area (Å²) in [6.45, 7) is 14.0. The summed E-state index contributed by atoms with van der Waals surface area (Å²) in [5.41, 5.74) is 0.917. The normalized spacial score (nSPS) is 13.5. The van der Waals surface area contributed by atoms with Crippen molar-refractivity contribution in [1.82, 2.24) is 15.5 Å². The first-order chi connectivity index (χ1) is 14.8. The molecule has 0 saturated carbocycles. The van der Waals surface area contributed by atoms with E-state index < -0.39 is 29.7 Å². The second-order valence-electron chi connectivity index (χ2n) is 9.60. The van der Waals surface area contributed by atoms with E-state index in [1.807, 2.05) is 32.9 Å². The molecule has 1 aromatic rings. The Morgan fingerprint density at radius 3 is 2.03 bits per heavy atom. The van der Waals surface area contributed by atoms with E-state index in [0.29, 0.717) is 5.56 Å². The van der Waals surface area contributed by atoms with E-state index in [1.54, 1.807) is 46.8 Å². The molecule has 2 unspecified atom stereocenters. The van der Waals surface area contributed by atoms with Gasteiger partial charge in [0.15, 0.2) is 0 Å². The summed E-state index contributed by atoms with van der Waals surface area (Å²) in [4.78, 5) is 40.5. The number of carbonyl (C=O) groups excluding carboxylic acids is 3. The van der Waals surface area contributed by atoms with E-state index in [9.17, 15) is 19.5 Å². The minimum Gasteiger partial charge on any atom is -0.444 e. The summed E-state index contributed by atoms with van der Waals surface area (Å²) < 4.78 is 5.32. The lowest BCUT2D eigenvalue weighted by Gasteiger charge is -2.35. The van der Waals surface area contributed by atoms with Gasteiger partial charge in [-0.25, -0.2) is 4.79 Å². The monoisotopic (exact) mass is 449 g/mol. The Hall–Kier alpha value is -2.61. The minimum atomic E-state index is -0.959. The first kappa shape index (κ1) is 27.4. The van der Waals surface area contributed by atoms with Gasteiger partial charge in [0.25, 0.3) is 0 Å². The number of aliphatic hydroxyl groups excluding tert-OH is 1. The molecule has 0 aliphatic carbocycles. The number of amides is 3. The summed E-state index contributed by atoms with van der Waals surface area (Å²) in [6, 6.07) is 5.29. The van der Waals surface area contributed by atoms with Gasteiger partial charge in [-0.15, -0.1) is 0 Å². The molecule has 3 amide bonds. The van der Waals surface area contributed by atoms with Crippen LogP contribution >= 0.6 is 0 Å². The van der Waals surface area contributed by atoms with Crippen LogP contribution in [0.1, 0.15) is 65.6 Å². The van der Waals surface area contributed by atoms with Crippen LogP contribution in [0.5, 0.6) is 0 Å². The Morgan fingerprint density at radius 1 is 1.03 bits per heavy atom. The van der Waals surface area contributed by atoms with E-state index >= 15 is 0 Å². The average Bonchev–Trinajstić information content (AvgIpc) is 2.64. The molecule has 0 aromatic heterocycles. The van der Waals surface area contributed by atoms with Crippen LogP contribution in [0, 0.1) is 12.8 Å². The van der Waals surface area contributed by atoms with Crippen LogP contribution in [0.3, 0.4) is 0 Å². The van der Waals surface area contributed by atoms with Gasteiger partial charge >= 0.3 is 6.09 Å². The van der Waals surface area contributed by atoms with Crippen molar-refractivity contribution in [3.63, 3.8) is 0 Å². The van der Waals surface area contributed by atoms with Crippen molar-refractivity contribution in [3.8, 4) is 0 Å². The van der Waals surface area contributed by atoms with Gasteiger partial charge in [0.2, 0.25) is 11.8 Å². The van der Waals surface area contributed by atoms with Crippen molar-refractivity contribution >= 4 is 17.9 Å². The molecule has 1 rings (SSSR count). The molecule has 8 nitrogen and oxygen atoms in total. The van der Waals surface area contributed by atoms with Gasteiger partial charge in [-0.3, -0.25) is 9.59 Å². The largest absolute Gasteiger partial charge is 0.444 e. The molecule has 0 bridgehead atoms. The topological polar surface area (TPSA) is 108 Å². The van der Waals surface area contributed by atoms with Crippen LogP contribution in [0.4, 0.5) is 4.79 Å². The van der Waals surface area contributed by atoms with E-state index in [-0.39, 0.29) is 31.0 Å². The van der Waals surface area contributed by atoms with Gasteiger partial charge < -0.3 is 25.4 Å². The molecule has 0 fully saturated rings. The number of hydrogen-bond donors (Lipinski definition) is 3. The van der Waals surface area contributed by atoms with Gasteiger partial charge in [-0.05, 0) is 53.0 Å². The Morgan fingerprint density at radius 2 is 1.59 bits per heavy atom. The Kier molecular flexibility index (Phi) is 10.2. The van der Waals surface area contributed by atoms with E-state index in [2.05, 4.69) is 10.6 Å². The Bertz CT molecular complexity index is 769. The zero-order valence-electron chi connectivity index (χ0n) is 20.6. The number of hydrogen-bond acceptors (Lipinski definition) is 5. The summed E-state index contributed by atoms with van der Waals surface area (Å²) in [7, 11) is 0. The predicted octanol–water partition coefficient (Wildman–Crippen LogP) is 2.93. The maximum absolute atomic E-state index is 13.6. The third kappa shape index (κ3) is 8.49. The summed E-state index contributed by atoms with van der Waals surface area (Å²) >= 11 is 0. The molecule has 3 N–H and O–H groups in total. The SMILES string of the molecule is Cc1ccc(C(C(=O)NC(C)C)N(CCO)C(=O)C(NC(=O)OC(C)(C)C)C(C)C)cc1. The van der Waals surface area contributed by atoms with Gasteiger partial charge in [-0.2, -0.15) is 0 Å². The zero-order chi connectivity index (χ0) is 24.6. The number of alkyl carbamates (subject to hydrolysis) is 1. The fraction of sp³-hybridized carbons (Fsp3) is 0.625. The second-order valence-corrected chi connectivity index (χ2v) is 9.60. The molecule has 0 radical (unpaired) electrons. The van der Waals surface area contributed by atoms with Gasteiger partial charge in [0.05, 0.1) is 6.61 Å². The number of ether oxygens (including phenoxy) is 1. The fourth-order valence-electron chi connectivity index (χ4n) is 3.19. The molecular weight excluding hydrogens is 410 g/mol. The Labute approximate surface area is 191 Å². The number of aliphatic hydroxyl groups is 1. The summed E-state index contributed by atoms with van der Waals surface area (Å²) in [5.74, 6) is -1.10. The molecular formula is C24H39N3O5. The lowest BCUT2D eigenvalue weighted by atomic mass is 9.98. The molecule has 2 atom stereocenters. The Balaban J connectivity index is 3.36. The smallest absolute Gasteiger partial charge is 0.408 e. The molecule has 0 heterocycles. The van der Waals surface area contributed by atoms with E-state index in [1.165, 1.54) is 4.90 Å². The van der Waals surface area contributed by atoms with Crippen LogP contribution in [-0.2, 0) is 14.3 Å². The highest BCUT2D eigenvalue weighted by Gasteiger charge is 2.37. The van der Waals surface area contributed by atoms with E-state index in [0.717, 1.165) is 5.56 Å². The molecule has 8 heteroatoms. The first-order valence-electron chi connectivity index (χ1n) is 11.0. The van der Waals surface area contributed by atoms with Gasteiger partial charge in [-0.1, -0.05) is 43.7 Å². The lowest BCUT2D eigenvalue weighted by Crippen LogP contribution is -2.55. The number of carbonyl (C=O) groups is 3. The maximum atomic E-state index is 13.6. The molecule has 0 spiro atoms. The zero-order valence-corrected chi connectivity index (χ0v) is 20.6. The van der Waals surface area contributed by atoms with Crippen molar-refractivity contribution in [2.75, 3.05) is 13.2 Å². The summed E-state index contributed by atoms with van der Waals surface area (Å²) in [5, 5.41) is 15.2. The number of nitrogens with zero attached hydrogens (tertiary/aromatic N) is 1. The molecule has 0 aliphatic rings. The third-order valence-electron chi connectivity index (χ3n) is 4.61. The van der Waals surface area contributed by atoms with Gasteiger partial charge in [0, 0.05) is 12.6 Å². The van der Waals surface area contributed by atoms with Gasteiger partial charge in [0.1, 0.15) is 17.7 Å². The third-order valence-corrected chi connectivity index (χ3v) is 4.61. The molecule has 1 aromatic carbocycles. The van der Waals surface area contributed by atoms with Crippen LogP contribution in [-0.4, -0.2) is 58.8 Å².